The average molecular weight is 449 g/mol. The molecule has 3 heteroatoms. The Labute approximate surface area is 192 Å². The molecule has 0 unspecified atom stereocenters. The molecule has 2 aliphatic rings. The normalized spacial score (nSPS) is 26.8. The molecule has 1 aliphatic carbocycles. The van der Waals surface area contributed by atoms with Gasteiger partial charge >= 0.3 is 0 Å². The van der Waals surface area contributed by atoms with Crippen molar-refractivity contribution in [3.8, 4) is 0 Å². The second-order valence-electron chi connectivity index (χ2n) is 10.7. The number of hydrogen-bond donors (Lipinski definition) is 0. The molecule has 2 fully saturated rings. The maximum absolute atomic E-state index is 14.5. The first-order valence-corrected chi connectivity index (χ1v) is 16.0. The van der Waals surface area contributed by atoms with E-state index >= 15 is 0 Å². The number of benzene rings is 1. The molecule has 1 aliphatic heterocycles. The lowest BCUT2D eigenvalue weighted by Crippen LogP contribution is -2.21. The summed E-state index contributed by atoms with van der Waals surface area (Å²) in [4.78, 5) is 0. The topological polar surface area (TPSA) is 0 Å². The molecule has 1 aromatic carbocycles. The van der Waals surface area contributed by atoms with Crippen molar-refractivity contribution in [1.82, 2.24) is 0 Å². The molecular formula is C28H46F2Si. The Morgan fingerprint density at radius 2 is 1.42 bits per heavy atom. The molecule has 31 heavy (non-hydrogen) atoms. The quantitative estimate of drug-likeness (QED) is 0.234. The zero-order chi connectivity index (χ0) is 22.1. The molecule has 1 heterocycles. The Bertz CT molecular complexity index is 643. The molecule has 1 saturated carbocycles. The molecule has 0 bridgehead atoms. The molecular weight excluding hydrogens is 402 g/mol. The Balaban J connectivity index is 1.29. The summed E-state index contributed by atoms with van der Waals surface area (Å²) < 4.78 is 28.7. The van der Waals surface area contributed by atoms with Gasteiger partial charge in [0.2, 0.25) is 0 Å². The van der Waals surface area contributed by atoms with Gasteiger partial charge < -0.3 is 0 Å². The van der Waals surface area contributed by atoms with Crippen LogP contribution in [-0.4, -0.2) is 8.80 Å². The van der Waals surface area contributed by atoms with Crippen molar-refractivity contribution in [2.75, 3.05) is 0 Å². The molecule has 3 rings (SSSR count). The number of hydrogen-bond acceptors (Lipinski definition) is 0. The second kappa shape index (κ2) is 13.1. The predicted molar refractivity (Wildman–Crippen MR) is 133 cm³/mol. The lowest BCUT2D eigenvalue weighted by atomic mass is 9.76. The third-order valence-corrected chi connectivity index (χ3v) is 12.0. The fourth-order valence-corrected chi connectivity index (χ4v) is 9.93. The molecule has 0 amide bonds. The van der Waals surface area contributed by atoms with E-state index in [1.807, 2.05) is 13.0 Å². The number of halogens is 2. The summed E-state index contributed by atoms with van der Waals surface area (Å²) in [5.74, 6) is 0.856. The minimum absolute atomic E-state index is 0.216. The van der Waals surface area contributed by atoms with Crippen molar-refractivity contribution in [1.29, 1.82) is 0 Å². The van der Waals surface area contributed by atoms with Crippen LogP contribution >= 0.6 is 0 Å². The van der Waals surface area contributed by atoms with Crippen LogP contribution in [0.15, 0.2) is 12.1 Å². The van der Waals surface area contributed by atoms with Gasteiger partial charge in [-0.1, -0.05) is 102 Å². The Morgan fingerprint density at radius 1 is 0.774 bits per heavy atom. The standard InChI is InChI=1S/C28H46F2Si/c1-3-5-8-19-31-20-17-23(18-21-31)10-7-6-9-22-11-13-25(14-12-22)26-16-15-24(4-2)27(29)28(26)30/h15-16,22-23,25,31H,3-14,17-21H2,1-2H3/t22-,23?,25-,31?. The molecule has 1 saturated heterocycles. The van der Waals surface area contributed by atoms with Crippen LogP contribution in [0.4, 0.5) is 8.78 Å². The summed E-state index contributed by atoms with van der Waals surface area (Å²) in [6, 6.07) is 8.50. The Kier molecular flexibility index (Phi) is 10.5. The highest BCUT2D eigenvalue weighted by atomic mass is 28.3. The van der Waals surface area contributed by atoms with Crippen molar-refractivity contribution in [2.24, 2.45) is 11.8 Å². The summed E-state index contributed by atoms with van der Waals surface area (Å²) in [5, 5.41) is 0. The van der Waals surface area contributed by atoms with Crippen LogP contribution in [-0.2, 0) is 6.42 Å². The molecule has 0 nitrogen and oxygen atoms in total. The van der Waals surface area contributed by atoms with Gasteiger partial charge in [-0.3, -0.25) is 0 Å². The first kappa shape index (κ1) is 24.9. The zero-order valence-electron chi connectivity index (χ0n) is 20.2. The minimum atomic E-state index is -0.611. The summed E-state index contributed by atoms with van der Waals surface area (Å²) >= 11 is 0. The Morgan fingerprint density at radius 3 is 2.03 bits per heavy atom. The third-order valence-electron chi connectivity index (χ3n) is 8.52. The predicted octanol–water partition coefficient (Wildman–Crippen LogP) is 9.19. The van der Waals surface area contributed by atoms with Crippen molar-refractivity contribution in [3.05, 3.63) is 34.9 Å². The third kappa shape index (κ3) is 7.40. The van der Waals surface area contributed by atoms with Crippen LogP contribution in [0.25, 0.3) is 0 Å². The van der Waals surface area contributed by atoms with E-state index in [0.29, 0.717) is 17.5 Å². The number of rotatable bonds is 11. The van der Waals surface area contributed by atoms with E-state index in [1.165, 1.54) is 70.6 Å². The van der Waals surface area contributed by atoms with Crippen LogP contribution in [0.5, 0.6) is 0 Å². The van der Waals surface area contributed by atoms with Gasteiger partial charge in [0, 0.05) is 8.80 Å². The lowest BCUT2D eigenvalue weighted by molar-refractivity contribution is 0.292. The summed E-state index contributed by atoms with van der Waals surface area (Å²) in [5.41, 5.74) is 1.13. The van der Waals surface area contributed by atoms with Crippen LogP contribution in [0.2, 0.25) is 18.1 Å². The average Bonchev–Trinajstić information content (AvgIpc) is 2.80. The van der Waals surface area contributed by atoms with E-state index in [0.717, 1.165) is 24.7 Å². The SMILES string of the molecule is CCCCC[SiH]1CCC(CCCC[C@H]2CC[C@H](c3ccc(CC)c(F)c3F)CC2)CC1. The van der Waals surface area contributed by atoms with E-state index < -0.39 is 11.6 Å². The molecule has 0 spiro atoms. The molecule has 0 atom stereocenters. The van der Waals surface area contributed by atoms with Gasteiger partial charge in [-0.2, -0.15) is 0 Å². The van der Waals surface area contributed by atoms with Crippen molar-refractivity contribution in [3.63, 3.8) is 0 Å². The maximum Gasteiger partial charge on any atom is 0.162 e. The molecule has 0 N–H and O–H groups in total. The smallest absolute Gasteiger partial charge is 0.162 e. The van der Waals surface area contributed by atoms with Gasteiger partial charge in [-0.05, 0) is 61.0 Å². The number of unbranched alkanes of at least 4 members (excludes halogenated alkanes) is 3. The van der Waals surface area contributed by atoms with Crippen molar-refractivity contribution in [2.45, 2.75) is 128 Å². The van der Waals surface area contributed by atoms with Crippen LogP contribution in [0.1, 0.15) is 114 Å². The highest BCUT2D eigenvalue weighted by Crippen LogP contribution is 2.40. The summed E-state index contributed by atoms with van der Waals surface area (Å²) in [6.07, 6.45) is 18.0. The minimum Gasteiger partial charge on any atom is -0.203 e. The van der Waals surface area contributed by atoms with E-state index in [4.69, 9.17) is 0 Å². The van der Waals surface area contributed by atoms with Crippen LogP contribution in [0.3, 0.4) is 0 Å². The van der Waals surface area contributed by atoms with E-state index in [1.54, 1.807) is 24.2 Å². The molecule has 0 radical (unpaired) electrons. The van der Waals surface area contributed by atoms with Crippen LogP contribution in [0, 0.1) is 23.5 Å². The molecule has 176 valence electrons. The zero-order valence-corrected chi connectivity index (χ0v) is 21.4. The highest BCUT2D eigenvalue weighted by Gasteiger charge is 2.26. The van der Waals surface area contributed by atoms with E-state index in [9.17, 15) is 8.78 Å². The first-order chi connectivity index (χ1) is 15.1. The highest BCUT2D eigenvalue weighted by molar-refractivity contribution is 6.58. The largest absolute Gasteiger partial charge is 0.203 e. The monoisotopic (exact) mass is 448 g/mol. The fourth-order valence-electron chi connectivity index (χ4n) is 6.31. The van der Waals surface area contributed by atoms with Crippen LogP contribution < -0.4 is 0 Å². The van der Waals surface area contributed by atoms with Crippen molar-refractivity contribution < 1.29 is 8.78 Å². The summed E-state index contributed by atoms with van der Waals surface area (Å²) in [7, 11) is -0.355. The van der Waals surface area contributed by atoms with Gasteiger partial charge in [0.15, 0.2) is 11.6 Å². The molecule has 0 aromatic heterocycles. The Hall–Kier alpha value is -0.703. The van der Waals surface area contributed by atoms with Crippen molar-refractivity contribution >= 4 is 8.80 Å². The van der Waals surface area contributed by atoms with Gasteiger partial charge in [0.25, 0.3) is 0 Å². The maximum atomic E-state index is 14.5. The summed E-state index contributed by atoms with van der Waals surface area (Å²) in [6.45, 7) is 4.19. The lowest BCUT2D eigenvalue weighted by Gasteiger charge is -2.30. The number of aryl methyl sites for hydroxylation is 1. The van der Waals surface area contributed by atoms with Gasteiger partial charge in [0.1, 0.15) is 0 Å². The van der Waals surface area contributed by atoms with Gasteiger partial charge in [-0.25, -0.2) is 8.78 Å². The first-order valence-electron chi connectivity index (χ1n) is 13.6. The van der Waals surface area contributed by atoms with E-state index in [2.05, 4.69) is 6.92 Å². The fraction of sp³-hybridized carbons (Fsp3) is 0.786. The second-order valence-corrected chi connectivity index (χ2v) is 14.1. The van der Waals surface area contributed by atoms with E-state index in [-0.39, 0.29) is 14.7 Å². The molecule has 1 aromatic rings. The van der Waals surface area contributed by atoms with Gasteiger partial charge in [0.05, 0.1) is 0 Å². The van der Waals surface area contributed by atoms with Gasteiger partial charge in [-0.15, -0.1) is 0 Å².